The van der Waals surface area contributed by atoms with Crippen molar-refractivity contribution in [3.8, 4) is 16.9 Å². The molecule has 0 radical (unpaired) electrons. The molecule has 2 heteroatoms. The molecule has 2 aromatic carbocycles. The molecule has 2 aromatic rings. The molecular weight excluding hydrogens is 236 g/mol. The monoisotopic (exact) mass is 252 g/mol. The quantitative estimate of drug-likeness (QED) is 0.753. The second kappa shape index (κ2) is 5.27. The average Bonchev–Trinajstić information content (AvgIpc) is 3.30. The predicted molar refractivity (Wildman–Crippen MR) is 75.5 cm³/mol. The van der Waals surface area contributed by atoms with Gasteiger partial charge in [0.15, 0.2) is 6.29 Å². The fourth-order valence-corrected chi connectivity index (χ4v) is 2.14. The van der Waals surface area contributed by atoms with E-state index in [4.69, 9.17) is 4.74 Å². The number of benzene rings is 2. The van der Waals surface area contributed by atoms with Gasteiger partial charge in [-0.1, -0.05) is 42.5 Å². The van der Waals surface area contributed by atoms with Gasteiger partial charge < -0.3 is 4.74 Å². The van der Waals surface area contributed by atoms with Crippen molar-refractivity contribution in [2.45, 2.75) is 12.8 Å². The van der Waals surface area contributed by atoms with Gasteiger partial charge in [-0.3, -0.25) is 4.79 Å². The molecular formula is C17H16O2. The van der Waals surface area contributed by atoms with Gasteiger partial charge in [0.2, 0.25) is 0 Å². The van der Waals surface area contributed by atoms with E-state index in [0.29, 0.717) is 18.1 Å². The predicted octanol–water partition coefficient (Wildman–Crippen LogP) is 3.95. The van der Waals surface area contributed by atoms with Crippen LogP contribution in [0.25, 0.3) is 11.1 Å². The highest BCUT2D eigenvalue weighted by Crippen LogP contribution is 2.35. The Kier molecular flexibility index (Phi) is 3.32. The molecule has 1 aliphatic carbocycles. The molecule has 0 spiro atoms. The van der Waals surface area contributed by atoms with Gasteiger partial charge in [0.05, 0.1) is 12.2 Å². The zero-order valence-corrected chi connectivity index (χ0v) is 10.7. The summed E-state index contributed by atoms with van der Waals surface area (Å²) in [5.41, 5.74) is 2.70. The van der Waals surface area contributed by atoms with Crippen LogP contribution in [0.4, 0.5) is 0 Å². The first-order chi connectivity index (χ1) is 9.38. The molecule has 1 saturated carbocycles. The zero-order chi connectivity index (χ0) is 13.1. The van der Waals surface area contributed by atoms with Gasteiger partial charge in [0.1, 0.15) is 5.75 Å². The number of ether oxygens (including phenoxy) is 1. The maximum atomic E-state index is 11.2. The van der Waals surface area contributed by atoms with Crippen LogP contribution in [0.5, 0.6) is 5.75 Å². The molecule has 0 amide bonds. The van der Waals surface area contributed by atoms with Crippen molar-refractivity contribution in [2.75, 3.05) is 6.61 Å². The molecule has 0 aliphatic heterocycles. The number of carbonyl (C=O) groups excluding carboxylic acids is 1. The molecule has 0 atom stereocenters. The fourth-order valence-electron chi connectivity index (χ4n) is 2.14. The van der Waals surface area contributed by atoms with Crippen molar-refractivity contribution in [3.05, 3.63) is 54.1 Å². The van der Waals surface area contributed by atoms with Gasteiger partial charge >= 0.3 is 0 Å². The smallest absolute Gasteiger partial charge is 0.153 e. The molecule has 1 fully saturated rings. The Morgan fingerprint density at radius 2 is 1.84 bits per heavy atom. The highest BCUT2D eigenvalue weighted by Gasteiger charge is 2.23. The third-order valence-electron chi connectivity index (χ3n) is 3.42. The molecule has 0 heterocycles. The Hall–Kier alpha value is -2.09. The van der Waals surface area contributed by atoms with Crippen molar-refractivity contribution in [1.82, 2.24) is 0 Å². The van der Waals surface area contributed by atoms with Gasteiger partial charge in [0, 0.05) is 5.56 Å². The van der Waals surface area contributed by atoms with Crippen molar-refractivity contribution in [1.29, 1.82) is 0 Å². The Bertz CT molecular complexity index is 571. The van der Waals surface area contributed by atoms with Gasteiger partial charge in [-0.05, 0) is 30.4 Å². The lowest BCUT2D eigenvalue weighted by Gasteiger charge is -2.13. The number of carbonyl (C=O) groups is 1. The molecule has 2 nitrogen and oxygen atoms in total. The zero-order valence-electron chi connectivity index (χ0n) is 10.7. The third-order valence-corrected chi connectivity index (χ3v) is 3.42. The SMILES string of the molecule is O=Cc1cccc(-c2ccccc2)c1OCC1CC1. The van der Waals surface area contributed by atoms with Crippen LogP contribution in [0, 0.1) is 5.92 Å². The lowest BCUT2D eigenvalue weighted by atomic mass is 10.0. The summed E-state index contributed by atoms with van der Waals surface area (Å²) in [6.45, 7) is 0.713. The first-order valence-corrected chi connectivity index (χ1v) is 6.65. The lowest BCUT2D eigenvalue weighted by Crippen LogP contribution is -2.03. The van der Waals surface area contributed by atoms with E-state index in [1.54, 1.807) is 0 Å². The van der Waals surface area contributed by atoms with Crippen LogP contribution in [0.3, 0.4) is 0 Å². The molecule has 0 N–H and O–H groups in total. The first kappa shape index (κ1) is 12.0. The Morgan fingerprint density at radius 3 is 2.53 bits per heavy atom. The van der Waals surface area contributed by atoms with Crippen LogP contribution >= 0.6 is 0 Å². The van der Waals surface area contributed by atoms with Gasteiger partial charge in [-0.2, -0.15) is 0 Å². The number of hydrogen-bond acceptors (Lipinski definition) is 2. The molecule has 3 rings (SSSR count). The number of aldehydes is 1. The summed E-state index contributed by atoms with van der Waals surface area (Å²) in [7, 11) is 0. The minimum Gasteiger partial charge on any atom is -0.492 e. The molecule has 0 saturated heterocycles. The van der Waals surface area contributed by atoms with E-state index in [9.17, 15) is 4.79 Å². The summed E-state index contributed by atoms with van der Waals surface area (Å²) < 4.78 is 5.91. The van der Waals surface area contributed by atoms with Crippen molar-refractivity contribution in [3.63, 3.8) is 0 Å². The molecule has 96 valence electrons. The number of hydrogen-bond donors (Lipinski definition) is 0. The van der Waals surface area contributed by atoms with Crippen LogP contribution in [0.1, 0.15) is 23.2 Å². The van der Waals surface area contributed by atoms with E-state index >= 15 is 0 Å². The topological polar surface area (TPSA) is 26.3 Å². The Morgan fingerprint density at radius 1 is 1.05 bits per heavy atom. The molecule has 19 heavy (non-hydrogen) atoms. The summed E-state index contributed by atoms with van der Waals surface area (Å²) in [6, 6.07) is 15.8. The van der Waals surface area contributed by atoms with Crippen LogP contribution < -0.4 is 4.74 Å². The third kappa shape index (κ3) is 2.68. The summed E-state index contributed by atoms with van der Waals surface area (Å²) in [5, 5.41) is 0. The molecule has 0 aromatic heterocycles. The number of para-hydroxylation sites is 1. The summed E-state index contributed by atoms with van der Waals surface area (Å²) >= 11 is 0. The highest BCUT2D eigenvalue weighted by molar-refractivity contribution is 5.86. The normalized spacial score (nSPS) is 14.1. The van der Waals surface area contributed by atoms with E-state index in [1.807, 2.05) is 48.5 Å². The van der Waals surface area contributed by atoms with Gasteiger partial charge in [0.25, 0.3) is 0 Å². The van der Waals surface area contributed by atoms with Gasteiger partial charge in [-0.25, -0.2) is 0 Å². The first-order valence-electron chi connectivity index (χ1n) is 6.65. The molecule has 0 bridgehead atoms. The second-order valence-electron chi connectivity index (χ2n) is 4.96. The highest BCUT2D eigenvalue weighted by atomic mass is 16.5. The van der Waals surface area contributed by atoms with Crippen molar-refractivity contribution >= 4 is 6.29 Å². The minimum atomic E-state index is 0.627. The van der Waals surface area contributed by atoms with E-state index in [-0.39, 0.29) is 0 Å². The average molecular weight is 252 g/mol. The molecule has 1 aliphatic rings. The van der Waals surface area contributed by atoms with E-state index in [0.717, 1.165) is 23.2 Å². The molecule has 0 unspecified atom stereocenters. The van der Waals surface area contributed by atoms with E-state index in [1.165, 1.54) is 12.8 Å². The maximum Gasteiger partial charge on any atom is 0.153 e. The van der Waals surface area contributed by atoms with Gasteiger partial charge in [-0.15, -0.1) is 0 Å². The number of rotatable bonds is 5. The maximum absolute atomic E-state index is 11.2. The standard InChI is InChI=1S/C17H16O2/c18-11-15-7-4-8-16(14-5-2-1-3-6-14)17(15)19-12-13-9-10-13/h1-8,11,13H,9-10,12H2. The fraction of sp³-hybridized carbons (Fsp3) is 0.235. The summed E-state index contributed by atoms with van der Waals surface area (Å²) in [4.78, 5) is 11.2. The second-order valence-corrected chi connectivity index (χ2v) is 4.96. The lowest BCUT2D eigenvalue weighted by molar-refractivity contribution is 0.111. The van der Waals surface area contributed by atoms with Crippen LogP contribution in [0.15, 0.2) is 48.5 Å². The van der Waals surface area contributed by atoms with Crippen molar-refractivity contribution in [2.24, 2.45) is 5.92 Å². The summed E-state index contributed by atoms with van der Waals surface area (Å²) in [5.74, 6) is 1.39. The Balaban J connectivity index is 1.99. The summed E-state index contributed by atoms with van der Waals surface area (Å²) in [6.07, 6.45) is 3.35. The van der Waals surface area contributed by atoms with Crippen LogP contribution in [0.2, 0.25) is 0 Å². The van der Waals surface area contributed by atoms with Crippen molar-refractivity contribution < 1.29 is 9.53 Å². The minimum absolute atomic E-state index is 0.627. The Labute approximate surface area is 113 Å². The van der Waals surface area contributed by atoms with Crippen LogP contribution in [-0.4, -0.2) is 12.9 Å². The van der Waals surface area contributed by atoms with E-state index in [2.05, 4.69) is 0 Å². The largest absolute Gasteiger partial charge is 0.492 e. The van der Waals surface area contributed by atoms with Crippen LogP contribution in [-0.2, 0) is 0 Å². The van der Waals surface area contributed by atoms with E-state index < -0.39 is 0 Å².